The first-order valence-corrected chi connectivity index (χ1v) is 7.98. The highest BCUT2D eigenvalue weighted by molar-refractivity contribution is 9.09. The fourth-order valence-electron chi connectivity index (χ4n) is 2.88. The van der Waals surface area contributed by atoms with Gasteiger partial charge >= 0.3 is 5.69 Å². The number of nitro groups is 1. The van der Waals surface area contributed by atoms with Gasteiger partial charge in [0.05, 0.1) is 12.0 Å². The van der Waals surface area contributed by atoms with Crippen molar-refractivity contribution in [3.05, 3.63) is 33.9 Å². The number of methoxy groups -OCH3 is 1. The normalized spacial score (nSPS) is 23.1. The Bertz CT molecular complexity index is 478. The van der Waals surface area contributed by atoms with Crippen LogP contribution < -0.4 is 4.74 Å². The third kappa shape index (κ3) is 3.72. The van der Waals surface area contributed by atoms with Gasteiger partial charge in [-0.1, -0.05) is 41.3 Å². The molecule has 20 heavy (non-hydrogen) atoms. The summed E-state index contributed by atoms with van der Waals surface area (Å²) in [7, 11) is 1.46. The maximum absolute atomic E-state index is 11.1. The van der Waals surface area contributed by atoms with Gasteiger partial charge in [-0.25, -0.2) is 0 Å². The van der Waals surface area contributed by atoms with Crippen LogP contribution in [0.3, 0.4) is 0 Å². The zero-order chi connectivity index (χ0) is 14.5. The lowest BCUT2D eigenvalue weighted by Gasteiger charge is -2.20. The van der Waals surface area contributed by atoms with Crippen molar-refractivity contribution in [2.75, 3.05) is 7.11 Å². The number of nitrogens with zero attached hydrogens (tertiary/aromatic N) is 1. The number of ether oxygens (including phenoxy) is 1. The van der Waals surface area contributed by atoms with Gasteiger partial charge in [0.1, 0.15) is 0 Å². The van der Waals surface area contributed by atoms with Gasteiger partial charge in [0.15, 0.2) is 5.75 Å². The number of alkyl halides is 1. The molecule has 1 aliphatic carbocycles. The van der Waals surface area contributed by atoms with Crippen molar-refractivity contribution >= 4 is 21.6 Å². The minimum Gasteiger partial charge on any atom is -0.490 e. The van der Waals surface area contributed by atoms with Crippen LogP contribution in [0.4, 0.5) is 5.69 Å². The molecule has 0 amide bonds. The predicted molar refractivity (Wildman–Crippen MR) is 82.6 cm³/mol. The Morgan fingerprint density at radius 3 is 2.80 bits per heavy atom. The molecule has 2 atom stereocenters. The van der Waals surface area contributed by atoms with E-state index in [4.69, 9.17) is 4.74 Å². The molecular weight excluding hydrogens is 322 g/mol. The first-order valence-electron chi connectivity index (χ1n) is 7.07. The van der Waals surface area contributed by atoms with Crippen LogP contribution in [0.25, 0.3) is 0 Å². The minimum absolute atomic E-state index is 0.0599. The first-order chi connectivity index (χ1) is 9.61. The van der Waals surface area contributed by atoms with E-state index in [-0.39, 0.29) is 10.6 Å². The molecule has 1 aliphatic rings. The molecule has 4 nitrogen and oxygen atoms in total. The molecule has 2 rings (SSSR count). The number of halogens is 1. The van der Waals surface area contributed by atoms with Gasteiger partial charge in [0.25, 0.3) is 0 Å². The second kappa shape index (κ2) is 7.07. The van der Waals surface area contributed by atoms with Crippen LogP contribution >= 0.6 is 15.9 Å². The summed E-state index contributed by atoms with van der Waals surface area (Å²) in [4.78, 5) is 11.2. The minimum atomic E-state index is -0.374. The molecular formula is C15H20BrNO3. The maximum Gasteiger partial charge on any atom is 0.311 e. The SMILES string of the molecule is COc1ccc(CC2CCCCCC2Br)cc1[N+](=O)[O-]. The molecule has 0 bridgehead atoms. The van der Waals surface area contributed by atoms with Crippen LogP contribution in [0, 0.1) is 16.0 Å². The van der Waals surface area contributed by atoms with E-state index < -0.39 is 0 Å². The predicted octanol–water partition coefficient (Wildman–Crippen LogP) is 4.49. The van der Waals surface area contributed by atoms with Crippen molar-refractivity contribution in [3.8, 4) is 5.75 Å². The largest absolute Gasteiger partial charge is 0.490 e. The van der Waals surface area contributed by atoms with E-state index in [0.29, 0.717) is 16.5 Å². The molecule has 1 aromatic rings. The average Bonchev–Trinajstić information content (AvgIpc) is 2.64. The van der Waals surface area contributed by atoms with Crippen LogP contribution in [-0.2, 0) is 6.42 Å². The van der Waals surface area contributed by atoms with Crippen molar-refractivity contribution in [1.29, 1.82) is 0 Å². The van der Waals surface area contributed by atoms with Crippen molar-refractivity contribution in [2.45, 2.75) is 43.4 Å². The molecule has 0 radical (unpaired) electrons. The van der Waals surface area contributed by atoms with Gasteiger partial charge < -0.3 is 4.74 Å². The zero-order valence-electron chi connectivity index (χ0n) is 11.7. The lowest BCUT2D eigenvalue weighted by Crippen LogP contribution is -2.15. The first kappa shape index (κ1) is 15.3. The van der Waals surface area contributed by atoms with Gasteiger partial charge in [0, 0.05) is 10.9 Å². The van der Waals surface area contributed by atoms with Crippen LogP contribution in [0.1, 0.15) is 37.7 Å². The van der Waals surface area contributed by atoms with Crippen molar-refractivity contribution < 1.29 is 9.66 Å². The summed E-state index contributed by atoms with van der Waals surface area (Å²) >= 11 is 3.78. The summed E-state index contributed by atoms with van der Waals surface area (Å²) in [5.41, 5.74) is 1.08. The van der Waals surface area contributed by atoms with E-state index in [1.54, 1.807) is 12.1 Å². The molecule has 1 aromatic carbocycles. The average molecular weight is 342 g/mol. The van der Waals surface area contributed by atoms with Gasteiger partial charge in [-0.2, -0.15) is 0 Å². The Kier molecular flexibility index (Phi) is 5.40. The zero-order valence-corrected chi connectivity index (χ0v) is 13.3. The standard InChI is InChI=1S/C15H20BrNO3/c1-20-15-8-7-11(10-14(15)17(18)19)9-12-5-3-2-4-6-13(12)16/h7-8,10,12-13H,2-6,9H2,1H3. The molecule has 0 spiro atoms. The highest BCUT2D eigenvalue weighted by Crippen LogP contribution is 2.33. The van der Waals surface area contributed by atoms with Crippen LogP contribution in [0.5, 0.6) is 5.75 Å². The Labute approximate surface area is 127 Å². The summed E-state index contributed by atoms with van der Waals surface area (Å²) < 4.78 is 5.04. The molecule has 2 unspecified atom stereocenters. The summed E-state index contributed by atoms with van der Waals surface area (Å²) in [6.07, 6.45) is 7.10. The van der Waals surface area contributed by atoms with Crippen molar-refractivity contribution in [3.63, 3.8) is 0 Å². The van der Waals surface area contributed by atoms with E-state index >= 15 is 0 Å². The monoisotopic (exact) mass is 341 g/mol. The van der Waals surface area contributed by atoms with Gasteiger partial charge in [-0.05, 0) is 36.8 Å². The molecule has 1 saturated carbocycles. The topological polar surface area (TPSA) is 52.4 Å². The highest BCUT2D eigenvalue weighted by atomic mass is 79.9. The van der Waals surface area contributed by atoms with E-state index in [1.807, 2.05) is 6.07 Å². The van der Waals surface area contributed by atoms with Gasteiger partial charge in [0.2, 0.25) is 0 Å². The molecule has 5 heteroatoms. The molecule has 0 aromatic heterocycles. The Hall–Kier alpha value is -1.10. The number of hydrogen-bond acceptors (Lipinski definition) is 3. The van der Waals surface area contributed by atoms with E-state index in [9.17, 15) is 10.1 Å². The maximum atomic E-state index is 11.1. The van der Waals surface area contributed by atoms with E-state index in [2.05, 4.69) is 15.9 Å². The number of hydrogen-bond donors (Lipinski definition) is 0. The van der Waals surface area contributed by atoms with Gasteiger partial charge in [-0.15, -0.1) is 0 Å². The van der Waals surface area contributed by atoms with Gasteiger partial charge in [-0.3, -0.25) is 10.1 Å². The fraction of sp³-hybridized carbons (Fsp3) is 0.600. The number of benzene rings is 1. The lowest BCUT2D eigenvalue weighted by atomic mass is 9.92. The molecule has 110 valence electrons. The summed E-state index contributed by atoms with van der Waals surface area (Å²) in [5.74, 6) is 0.889. The fourth-order valence-corrected chi connectivity index (χ4v) is 3.65. The Morgan fingerprint density at radius 2 is 2.10 bits per heavy atom. The van der Waals surface area contributed by atoms with Crippen molar-refractivity contribution in [2.24, 2.45) is 5.92 Å². The third-order valence-corrected chi connectivity index (χ3v) is 5.21. The van der Waals surface area contributed by atoms with E-state index in [0.717, 1.165) is 12.0 Å². The molecule has 0 N–H and O–H groups in total. The van der Waals surface area contributed by atoms with Crippen LogP contribution in [-0.4, -0.2) is 16.9 Å². The quantitative estimate of drug-likeness (QED) is 0.351. The smallest absolute Gasteiger partial charge is 0.311 e. The number of nitro benzene ring substituents is 1. The second-order valence-corrected chi connectivity index (χ2v) is 6.56. The summed E-state index contributed by atoms with van der Waals surface area (Å²) in [5, 5.41) is 11.1. The molecule has 0 heterocycles. The summed E-state index contributed by atoms with van der Waals surface area (Å²) in [6, 6.07) is 5.30. The molecule has 1 fully saturated rings. The molecule has 0 saturated heterocycles. The van der Waals surface area contributed by atoms with Crippen LogP contribution in [0.15, 0.2) is 18.2 Å². The molecule has 0 aliphatic heterocycles. The third-order valence-electron chi connectivity index (χ3n) is 4.00. The number of rotatable bonds is 4. The Balaban J connectivity index is 2.16. The van der Waals surface area contributed by atoms with Crippen molar-refractivity contribution in [1.82, 2.24) is 0 Å². The summed E-state index contributed by atoms with van der Waals surface area (Å²) in [6.45, 7) is 0. The lowest BCUT2D eigenvalue weighted by molar-refractivity contribution is -0.385. The van der Waals surface area contributed by atoms with E-state index in [1.165, 1.54) is 39.2 Å². The Morgan fingerprint density at radius 1 is 1.35 bits per heavy atom. The second-order valence-electron chi connectivity index (χ2n) is 5.38. The highest BCUT2D eigenvalue weighted by Gasteiger charge is 2.23. The van der Waals surface area contributed by atoms with Crippen LogP contribution in [0.2, 0.25) is 0 Å².